The van der Waals surface area contributed by atoms with E-state index in [1.807, 2.05) is 72.8 Å². The standard InChI is InChI=1S/C26H14N4O2/c1-3-17-8-12-19(13-9-17)23-27-29-25(31-23)21-6-5-7-22(16-21)26-30-28-24(32-26)20-14-10-18(4-2)11-15-20/h1-2,5-16H. The zero-order chi connectivity index (χ0) is 21.9. The van der Waals surface area contributed by atoms with Crippen molar-refractivity contribution in [2.75, 3.05) is 0 Å². The van der Waals surface area contributed by atoms with E-state index in [-0.39, 0.29) is 0 Å². The zero-order valence-electron chi connectivity index (χ0n) is 16.7. The molecule has 6 heteroatoms. The fourth-order valence-electron chi connectivity index (χ4n) is 3.12. The highest BCUT2D eigenvalue weighted by atomic mass is 16.4. The monoisotopic (exact) mass is 414 g/mol. The molecule has 5 aromatic rings. The van der Waals surface area contributed by atoms with Crippen LogP contribution in [0.15, 0.2) is 81.6 Å². The Hall–Kier alpha value is -4.94. The van der Waals surface area contributed by atoms with E-state index >= 15 is 0 Å². The van der Waals surface area contributed by atoms with Crippen molar-refractivity contribution in [2.24, 2.45) is 0 Å². The van der Waals surface area contributed by atoms with E-state index in [0.717, 1.165) is 33.4 Å². The summed E-state index contributed by atoms with van der Waals surface area (Å²) in [5, 5.41) is 16.6. The third-order valence-electron chi connectivity index (χ3n) is 4.80. The zero-order valence-corrected chi connectivity index (χ0v) is 16.7. The molecule has 2 aromatic heterocycles. The minimum atomic E-state index is 0.382. The second-order valence-corrected chi connectivity index (χ2v) is 6.85. The number of terminal acetylenes is 2. The Balaban J connectivity index is 1.42. The van der Waals surface area contributed by atoms with Crippen LogP contribution in [0.2, 0.25) is 0 Å². The van der Waals surface area contributed by atoms with Gasteiger partial charge in [0.2, 0.25) is 23.6 Å². The van der Waals surface area contributed by atoms with Gasteiger partial charge in [-0.1, -0.05) is 17.9 Å². The van der Waals surface area contributed by atoms with Crippen LogP contribution in [0.1, 0.15) is 11.1 Å². The molecule has 2 heterocycles. The number of benzene rings is 3. The number of nitrogens with zero attached hydrogens (tertiary/aromatic N) is 4. The molecule has 32 heavy (non-hydrogen) atoms. The molecule has 0 radical (unpaired) electrons. The molecule has 0 unspecified atom stereocenters. The van der Waals surface area contributed by atoms with Gasteiger partial charge in [-0.3, -0.25) is 0 Å². The lowest BCUT2D eigenvalue weighted by atomic mass is 10.1. The fraction of sp³-hybridized carbons (Fsp3) is 0. The fourth-order valence-corrected chi connectivity index (χ4v) is 3.12. The Labute approximate surface area is 184 Å². The van der Waals surface area contributed by atoms with Gasteiger partial charge in [-0.15, -0.1) is 33.2 Å². The van der Waals surface area contributed by atoms with Crippen LogP contribution in [0.5, 0.6) is 0 Å². The molecule has 5 rings (SSSR count). The van der Waals surface area contributed by atoms with Gasteiger partial charge < -0.3 is 8.83 Å². The van der Waals surface area contributed by atoms with Crippen LogP contribution in [0.4, 0.5) is 0 Å². The van der Waals surface area contributed by atoms with E-state index in [1.165, 1.54) is 0 Å². The summed E-state index contributed by atoms with van der Waals surface area (Å²) in [4.78, 5) is 0. The molecule has 0 aliphatic carbocycles. The molecule has 6 nitrogen and oxygen atoms in total. The first-order valence-electron chi connectivity index (χ1n) is 9.65. The van der Waals surface area contributed by atoms with Crippen LogP contribution in [0, 0.1) is 24.7 Å². The quantitative estimate of drug-likeness (QED) is 0.382. The number of aromatic nitrogens is 4. The van der Waals surface area contributed by atoms with Gasteiger partial charge in [-0.2, -0.15) is 0 Å². The Morgan fingerprint density at radius 3 is 1.25 bits per heavy atom. The summed E-state index contributed by atoms with van der Waals surface area (Å²) in [5.74, 6) is 6.74. The predicted octanol–water partition coefficient (Wildman–Crippen LogP) is 5.08. The first-order valence-corrected chi connectivity index (χ1v) is 9.65. The normalized spacial score (nSPS) is 10.4. The molecular weight excluding hydrogens is 400 g/mol. The van der Waals surface area contributed by atoms with E-state index in [2.05, 4.69) is 32.2 Å². The molecule has 3 aromatic carbocycles. The summed E-state index contributed by atoms with van der Waals surface area (Å²) in [6.07, 6.45) is 10.8. The van der Waals surface area contributed by atoms with E-state index in [1.54, 1.807) is 0 Å². The molecule has 0 saturated carbocycles. The van der Waals surface area contributed by atoms with E-state index in [4.69, 9.17) is 21.7 Å². The third kappa shape index (κ3) is 3.65. The maximum Gasteiger partial charge on any atom is 0.248 e. The van der Waals surface area contributed by atoms with Gasteiger partial charge in [-0.25, -0.2) is 0 Å². The Morgan fingerprint density at radius 2 is 0.875 bits per heavy atom. The maximum absolute atomic E-state index is 5.86. The van der Waals surface area contributed by atoms with E-state index in [9.17, 15) is 0 Å². The molecule has 0 aliphatic heterocycles. The summed E-state index contributed by atoms with van der Waals surface area (Å²) >= 11 is 0. The van der Waals surface area contributed by atoms with Crippen molar-refractivity contribution in [3.8, 4) is 70.5 Å². The van der Waals surface area contributed by atoms with Gasteiger partial charge in [0.15, 0.2) is 0 Å². The summed E-state index contributed by atoms with van der Waals surface area (Å²) in [5.41, 5.74) is 4.62. The van der Waals surface area contributed by atoms with Crippen molar-refractivity contribution in [1.29, 1.82) is 0 Å². The second kappa shape index (κ2) is 8.06. The number of rotatable bonds is 4. The SMILES string of the molecule is C#Cc1ccc(-c2nnc(-c3cccc(-c4nnc(-c5ccc(C#C)cc5)o4)c3)o2)cc1. The van der Waals surface area contributed by atoms with Gasteiger partial charge in [0.05, 0.1) is 0 Å². The molecule has 0 fully saturated rings. The average molecular weight is 414 g/mol. The van der Waals surface area contributed by atoms with Crippen molar-refractivity contribution in [3.63, 3.8) is 0 Å². The number of hydrogen-bond acceptors (Lipinski definition) is 6. The van der Waals surface area contributed by atoms with Crippen LogP contribution >= 0.6 is 0 Å². The lowest BCUT2D eigenvalue weighted by molar-refractivity contribution is 0.582. The molecule has 150 valence electrons. The van der Waals surface area contributed by atoms with Crippen LogP contribution in [-0.2, 0) is 0 Å². The maximum atomic E-state index is 5.86. The molecule has 0 atom stereocenters. The van der Waals surface area contributed by atoms with Crippen LogP contribution in [-0.4, -0.2) is 20.4 Å². The molecule has 0 bridgehead atoms. The molecular formula is C26H14N4O2. The van der Waals surface area contributed by atoms with Gasteiger partial charge in [0.1, 0.15) is 0 Å². The number of hydrogen-bond donors (Lipinski definition) is 0. The van der Waals surface area contributed by atoms with Crippen LogP contribution < -0.4 is 0 Å². The first kappa shape index (κ1) is 19.0. The second-order valence-electron chi connectivity index (χ2n) is 6.85. The minimum Gasteiger partial charge on any atom is -0.416 e. The van der Waals surface area contributed by atoms with Crippen molar-refractivity contribution in [1.82, 2.24) is 20.4 Å². The highest BCUT2D eigenvalue weighted by molar-refractivity contribution is 5.66. The first-order chi connectivity index (χ1) is 15.7. The molecule has 0 amide bonds. The minimum absolute atomic E-state index is 0.382. The lowest BCUT2D eigenvalue weighted by Crippen LogP contribution is -1.82. The van der Waals surface area contributed by atoms with Crippen molar-refractivity contribution >= 4 is 0 Å². The van der Waals surface area contributed by atoms with E-state index in [0.29, 0.717) is 23.6 Å². The van der Waals surface area contributed by atoms with Gasteiger partial charge in [-0.05, 0) is 66.7 Å². The third-order valence-corrected chi connectivity index (χ3v) is 4.80. The highest BCUT2D eigenvalue weighted by Crippen LogP contribution is 2.29. The summed E-state index contributed by atoms with van der Waals surface area (Å²) < 4.78 is 11.7. The summed E-state index contributed by atoms with van der Waals surface area (Å²) in [6.45, 7) is 0. The van der Waals surface area contributed by atoms with Gasteiger partial charge in [0.25, 0.3) is 0 Å². The average Bonchev–Trinajstić information content (AvgIpc) is 3.55. The van der Waals surface area contributed by atoms with Crippen molar-refractivity contribution < 1.29 is 8.83 Å². The van der Waals surface area contributed by atoms with Gasteiger partial charge >= 0.3 is 0 Å². The lowest BCUT2D eigenvalue weighted by Gasteiger charge is -1.99. The summed E-state index contributed by atoms with van der Waals surface area (Å²) in [6, 6.07) is 22.2. The van der Waals surface area contributed by atoms with Crippen molar-refractivity contribution in [2.45, 2.75) is 0 Å². The van der Waals surface area contributed by atoms with Crippen LogP contribution in [0.25, 0.3) is 45.8 Å². The van der Waals surface area contributed by atoms with Crippen molar-refractivity contribution in [3.05, 3.63) is 83.9 Å². The Bertz CT molecular complexity index is 1370. The van der Waals surface area contributed by atoms with E-state index < -0.39 is 0 Å². The Kier molecular flexibility index (Phi) is 4.80. The Morgan fingerprint density at radius 1 is 0.500 bits per heavy atom. The van der Waals surface area contributed by atoms with Crippen LogP contribution in [0.3, 0.4) is 0 Å². The smallest absolute Gasteiger partial charge is 0.248 e. The predicted molar refractivity (Wildman–Crippen MR) is 120 cm³/mol. The highest BCUT2D eigenvalue weighted by Gasteiger charge is 2.14. The van der Waals surface area contributed by atoms with Gasteiger partial charge in [0, 0.05) is 33.4 Å². The topological polar surface area (TPSA) is 77.8 Å². The molecule has 0 aliphatic rings. The molecule has 0 saturated heterocycles. The molecule has 0 N–H and O–H groups in total. The summed E-state index contributed by atoms with van der Waals surface area (Å²) in [7, 11) is 0. The largest absolute Gasteiger partial charge is 0.416 e. The molecule has 0 spiro atoms.